The Kier molecular flexibility index (Phi) is 3.94. The van der Waals surface area contributed by atoms with E-state index in [1.165, 1.54) is 0 Å². The molecule has 0 aliphatic carbocycles. The molecule has 0 unspecified atom stereocenters. The summed E-state index contributed by atoms with van der Waals surface area (Å²) in [6, 6.07) is 0. The van der Waals surface area contributed by atoms with Gasteiger partial charge in [0.1, 0.15) is 6.79 Å². The molecule has 4 nitrogen and oxygen atoms in total. The second-order valence-corrected chi connectivity index (χ2v) is 3.39. The van der Waals surface area contributed by atoms with E-state index in [0.717, 1.165) is 25.9 Å². The lowest BCUT2D eigenvalue weighted by atomic mass is 9.80. The second-order valence-electron chi connectivity index (χ2n) is 3.39. The lowest BCUT2D eigenvalue weighted by molar-refractivity contribution is -0.0687. The van der Waals surface area contributed by atoms with Crippen molar-refractivity contribution in [2.45, 2.75) is 12.8 Å². The van der Waals surface area contributed by atoms with Crippen LogP contribution in [0.1, 0.15) is 12.8 Å². The molecule has 0 saturated carbocycles. The van der Waals surface area contributed by atoms with Gasteiger partial charge < -0.3 is 20.3 Å². The molecule has 12 heavy (non-hydrogen) atoms. The minimum absolute atomic E-state index is 0.117. The lowest BCUT2D eigenvalue weighted by Gasteiger charge is -2.35. The molecule has 0 bridgehead atoms. The average molecular weight is 175 g/mol. The Labute approximate surface area is 72.5 Å². The molecule has 1 heterocycles. The van der Waals surface area contributed by atoms with E-state index in [-0.39, 0.29) is 18.8 Å². The molecule has 72 valence electrons. The van der Waals surface area contributed by atoms with Gasteiger partial charge in [-0.25, -0.2) is 0 Å². The first-order valence-corrected chi connectivity index (χ1v) is 4.33. The zero-order chi connectivity index (χ0) is 8.86. The van der Waals surface area contributed by atoms with Crippen molar-refractivity contribution in [2.24, 2.45) is 5.41 Å². The summed E-state index contributed by atoms with van der Waals surface area (Å²) >= 11 is 0. The molecule has 1 aliphatic heterocycles. The van der Waals surface area contributed by atoms with Crippen LogP contribution < -0.4 is 5.32 Å². The molecule has 0 spiro atoms. The maximum absolute atomic E-state index is 9.18. The van der Waals surface area contributed by atoms with Crippen LogP contribution in [0.5, 0.6) is 0 Å². The molecular formula is C8H17NO3. The van der Waals surface area contributed by atoms with Crippen LogP contribution in [0, 0.1) is 5.41 Å². The first-order valence-electron chi connectivity index (χ1n) is 4.33. The number of piperidine rings is 1. The van der Waals surface area contributed by atoms with Crippen molar-refractivity contribution in [3.8, 4) is 0 Å². The summed E-state index contributed by atoms with van der Waals surface area (Å²) < 4.78 is 4.94. The third-order valence-electron chi connectivity index (χ3n) is 2.50. The molecule has 0 aromatic heterocycles. The third kappa shape index (κ3) is 2.42. The molecule has 0 aromatic rings. The van der Waals surface area contributed by atoms with Gasteiger partial charge in [0.2, 0.25) is 0 Å². The van der Waals surface area contributed by atoms with Crippen molar-refractivity contribution in [2.75, 3.05) is 33.1 Å². The number of hydrogen-bond donors (Lipinski definition) is 3. The van der Waals surface area contributed by atoms with Crippen LogP contribution in [0.25, 0.3) is 0 Å². The SMILES string of the molecule is OCOCC1(CO)CCNCC1. The largest absolute Gasteiger partial charge is 0.396 e. The summed E-state index contributed by atoms with van der Waals surface area (Å²) in [6.07, 6.45) is 1.84. The highest BCUT2D eigenvalue weighted by Crippen LogP contribution is 2.28. The maximum atomic E-state index is 9.18. The second kappa shape index (κ2) is 4.77. The van der Waals surface area contributed by atoms with Gasteiger partial charge in [0.05, 0.1) is 13.2 Å². The van der Waals surface area contributed by atoms with Crippen LogP contribution in [-0.2, 0) is 4.74 Å². The molecular weight excluding hydrogens is 158 g/mol. The van der Waals surface area contributed by atoms with Crippen LogP contribution in [0.4, 0.5) is 0 Å². The highest BCUT2D eigenvalue weighted by Gasteiger charge is 2.31. The number of hydrogen-bond acceptors (Lipinski definition) is 4. The summed E-state index contributed by atoms with van der Waals surface area (Å²) in [5.41, 5.74) is -0.117. The van der Waals surface area contributed by atoms with Gasteiger partial charge in [-0.15, -0.1) is 0 Å². The van der Waals surface area contributed by atoms with Crippen molar-refractivity contribution in [3.05, 3.63) is 0 Å². The van der Waals surface area contributed by atoms with E-state index in [1.54, 1.807) is 0 Å². The van der Waals surface area contributed by atoms with Crippen LogP contribution >= 0.6 is 0 Å². The zero-order valence-electron chi connectivity index (χ0n) is 7.25. The lowest BCUT2D eigenvalue weighted by Crippen LogP contribution is -2.42. The Morgan fingerprint density at radius 1 is 1.25 bits per heavy atom. The smallest absolute Gasteiger partial charge is 0.143 e. The van der Waals surface area contributed by atoms with Crippen molar-refractivity contribution in [1.82, 2.24) is 5.32 Å². The minimum Gasteiger partial charge on any atom is -0.396 e. The quantitative estimate of drug-likeness (QED) is 0.495. The summed E-state index contributed by atoms with van der Waals surface area (Å²) in [6.45, 7) is 2.20. The minimum atomic E-state index is -0.255. The monoisotopic (exact) mass is 175 g/mol. The Morgan fingerprint density at radius 3 is 2.42 bits per heavy atom. The highest BCUT2D eigenvalue weighted by atomic mass is 16.6. The molecule has 0 aromatic carbocycles. The summed E-state index contributed by atoms with van der Waals surface area (Å²) in [7, 11) is 0. The fourth-order valence-electron chi connectivity index (χ4n) is 1.57. The molecule has 0 atom stereocenters. The van der Waals surface area contributed by atoms with Gasteiger partial charge in [0.25, 0.3) is 0 Å². The Bertz CT molecular complexity index is 123. The first-order chi connectivity index (χ1) is 5.83. The predicted octanol–water partition coefficient (Wildman–Crippen LogP) is -0.685. The molecule has 1 fully saturated rings. The van der Waals surface area contributed by atoms with Gasteiger partial charge in [0, 0.05) is 5.41 Å². The van der Waals surface area contributed by atoms with Crippen LogP contribution in [-0.4, -0.2) is 43.3 Å². The van der Waals surface area contributed by atoms with Crippen LogP contribution in [0.15, 0.2) is 0 Å². The van der Waals surface area contributed by atoms with Gasteiger partial charge in [0.15, 0.2) is 0 Å². The van der Waals surface area contributed by atoms with Crippen molar-refractivity contribution < 1.29 is 14.9 Å². The number of nitrogens with one attached hydrogen (secondary N) is 1. The Hall–Kier alpha value is -0.160. The van der Waals surface area contributed by atoms with E-state index in [0.29, 0.717) is 6.61 Å². The summed E-state index contributed by atoms with van der Waals surface area (Å²) in [4.78, 5) is 0. The molecule has 1 saturated heterocycles. The third-order valence-corrected chi connectivity index (χ3v) is 2.50. The molecule has 1 rings (SSSR count). The van der Waals surface area contributed by atoms with Gasteiger partial charge in [-0.1, -0.05) is 0 Å². The van der Waals surface area contributed by atoms with Crippen molar-refractivity contribution in [1.29, 1.82) is 0 Å². The van der Waals surface area contributed by atoms with E-state index in [4.69, 9.17) is 9.84 Å². The van der Waals surface area contributed by atoms with Gasteiger partial charge >= 0.3 is 0 Å². The van der Waals surface area contributed by atoms with Crippen LogP contribution in [0.3, 0.4) is 0 Å². The fraction of sp³-hybridized carbons (Fsp3) is 1.00. The first kappa shape index (κ1) is 9.92. The zero-order valence-corrected chi connectivity index (χ0v) is 7.25. The predicted molar refractivity (Wildman–Crippen MR) is 44.7 cm³/mol. The number of aliphatic hydroxyl groups excluding tert-OH is 2. The molecule has 3 N–H and O–H groups in total. The fourth-order valence-corrected chi connectivity index (χ4v) is 1.57. The van der Waals surface area contributed by atoms with Gasteiger partial charge in [-0.05, 0) is 25.9 Å². The van der Waals surface area contributed by atoms with E-state index < -0.39 is 0 Å². The number of rotatable bonds is 4. The normalized spacial score (nSPS) is 22.5. The van der Waals surface area contributed by atoms with Crippen molar-refractivity contribution >= 4 is 0 Å². The maximum Gasteiger partial charge on any atom is 0.143 e. The molecule has 4 heteroatoms. The topological polar surface area (TPSA) is 61.7 Å². The van der Waals surface area contributed by atoms with E-state index in [1.807, 2.05) is 0 Å². The average Bonchev–Trinajstić information content (AvgIpc) is 2.16. The van der Waals surface area contributed by atoms with E-state index in [2.05, 4.69) is 5.32 Å². The van der Waals surface area contributed by atoms with E-state index >= 15 is 0 Å². The standard InChI is InChI=1S/C8H17NO3/c10-5-8(6-12-7-11)1-3-9-4-2-8/h9-11H,1-7H2. The van der Waals surface area contributed by atoms with E-state index in [9.17, 15) is 5.11 Å². The number of ether oxygens (including phenoxy) is 1. The van der Waals surface area contributed by atoms with Crippen molar-refractivity contribution in [3.63, 3.8) is 0 Å². The Balaban J connectivity index is 2.37. The number of aliphatic hydroxyl groups is 2. The molecule has 0 radical (unpaired) electrons. The molecule has 0 amide bonds. The van der Waals surface area contributed by atoms with Gasteiger partial charge in [-0.2, -0.15) is 0 Å². The van der Waals surface area contributed by atoms with Gasteiger partial charge in [-0.3, -0.25) is 0 Å². The van der Waals surface area contributed by atoms with Crippen LogP contribution in [0.2, 0.25) is 0 Å². The Morgan fingerprint density at radius 2 is 1.92 bits per heavy atom. The summed E-state index contributed by atoms with van der Waals surface area (Å²) in [5, 5.41) is 20.9. The highest BCUT2D eigenvalue weighted by molar-refractivity contribution is 4.83. The summed E-state index contributed by atoms with van der Waals surface area (Å²) in [5.74, 6) is 0. The molecule has 1 aliphatic rings.